The Morgan fingerprint density at radius 3 is 2.42 bits per heavy atom. The lowest BCUT2D eigenvalue weighted by molar-refractivity contribution is -0.147. The lowest BCUT2D eigenvalue weighted by Gasteiger charge is -2.37. The van der Waals surface area contributed by atoms with Crippen LogP contribution in [0.5, 0.6) is 5.88 Å². The number of rotatable bonds is 9. The second-order valence-corrected chi connectivity index (χ2v) is 9.74. The molecule has 2 aromatic rings. The number of nitrogens with zero attached hydrogens (tertiary/aromatic N) is 1. The molecular weight excluding hydrogens is 477 g/mol. The number of hydrogen-bond donors (Lipinski definition) is 2. The number of halogens is 3. The molecule has 10 heteroatoms. The zero-order chi connectivity index (χ0) is 26.8. The molecule has 198 valence electrons. The Morgan fingerprint density at radius 2 is 1.86 bits per heavy atom. The van der Waals surface area contributed by atoms with Crippen LogP contribution in [0.4, 0.5) is 13.2 Å². The zero-order valence-corrected chi connectivity index (χ0v) is 21.2. The van der Waals surface area contributed by atoms with Gasteiger partial charge < -0.3 is 19.3 Å². The third-order valence-corrected chi connectivity index (χ3v) is 6.83. The van der Waals surface area contributed by atoms with E-state index in [9.17, 15) is 23.1 Å². The Balaban J connectivity index is 2.08. The summed E-state index contributed by atoms with van der Waals surface area (Å²) in [5, 5.41) is 13.3. The predicted octanol–water partition coefficient (Wildman–Crippen LogP) is 4.96. The van der Waals surface area contributed by atoms with Crippen molar-refractivity contribution in [1.82, 2.24) is 10.3 Å². The van der Waals surface area contributed by atoms with Gasteiger partial charge in [0.15, 0.2) is 0 Å². The van der Waals surface area contributed by atoms with Crippen LogP contribution in [0.3, 0.4) is 0 Å². The normalized spacial score (nSPS) is 22.7. The van der Waals surface area contributed by atoms with E-state index in [1.54, 1.807) is 13.8 Å². The fourth-order valence-electron chi connectivity index (χ4n) is 4.86. The van der Waals surface area contributed by atoms with Crippen molar-refractivity contribution in [3.8, 4) is 5.88 Å². The minimum absolute atomic E-state index is 0.00502. The maximum Gasteiger partial charge on any atom is 0.417 e. The highest BCUT2D eigenvalue weighted by Crippen LogP contribution is 2.43. The summed E-state index contributed by atoms with van der Waals surface area (Å²) in [5.41, 5.74) is 0.133. The number of carboxylic acids is 1. The van der Waals surface area contributed by atoms with Gasteiger partial charge in [0.2, 0.25) is 5.88 Å². The molecule has 1 aliphatic heterocycles. The van der Waals surface area contributed by atoms with Crippen LogP contribution in [0, 0.1) is 5.92 Å². The Hall–Kier alpha value is -2.69. The third kappa shape index (κ3) is 5.66. The summed E-state index contributed by atoms with van der Waals surface area (Å²) in [5.74, 6) is -1.59. The van der Waals surface area contributed by atoms with Crippen molar-refractivity contribution in [2.24, 2.45) is 5.92 Å². The van der Waals surface area contributed by atoms with Crippen molar-refractivity contribution >= 4 is 5.97 Å². The number of methoxy groups -OCH3 is 2. The van der Waals surface area contributed by atoms with Crippen LogP contribution >= 0.6 is 0 Å². The summed E-state index contributed by atoms with van der Waals surface area (Å²) >= 11 is 0. The Bertz CT molecular complexity index is 1070. The summed E-state index contributed by atoms with van der Waals surface area (Å²) in [6.45, 7) is 7.35. The standard InChI is InChI=1S/C26H33F3N2O5/c1-14(2)17-9-7-8-10-18(17)20-22(19(25(3,4)35-6)21(31-20)24(32)33)36-13-15-11-16(26(27,28)29)12-30-23(15)34-5/h7-12,14,19-22,31H,13H2,1-6H3,(H,32,33). The molecule has 1 aromatic heterocycles. The van der Waals surface area contributed by atoms with Gasteiger partial charge in [0.25, 0.3) is 0 Å². The molecule has 2 heterocycles. The van der Waals surface area contributed by atoms with Crippen LogP contribution < -0.4 is 10.1 Å². The molecule has 0 spiro atoms. The van der Waals surface area contributed by atoms with Crippen LogP contribution in [-0.2, 0) is 27.1 Å². The molecule has 1 saturated heterocycles. The largest absolute Gasteiger partial charge is 0.481 e. The van der Waals surface area contributed by atoms with Gasteiger partial charge in [-0.2, -0.15) is 13.2 Å². The molecule has 0 saturated carbocycles. The van der Waals surface area contributed by atoms with Crippen LogP contribution in [0.1, 0.15) is 61.9 Å². The lowest BCUT2D eigenvalue weighted by Crippen LogP contribution is -2.49. The predicted molar refractivity (Wildman–Crippen MR) is 127 cm³/mol. The van der Waals surface area contributed by atoms with Gasteiger partial charge in [0, 0.05) is 24.8 Å². The first kappa shape index (κ1) is 27.9. The quantitative estimate of drug-likeness (QED) is 0.493. The fraction of sp³-hybridized carbons (Fsp3) is 0.538. The number of aromatic nitrogens is 1. The van der Waals surface area contributed by atoms with Gasteiger partial charge in [0.1, 0.15) is 6.04 Å². The molecule has 1 aliphatic rings. The molecule has 1 fully saturated rings. The smallest absolute Gasteiger partial charge is 0.417 e. The molecule has 0 radical (unpaired) electrons. The summed E-state index contributed by atoms with van der Waals surface area (Å²) in [6.07, 6.45) is -4.63. The van der Waals surface area contributed by atoms with Crippen molar-refractivity contribution in [2.75, 3.05) is 14.2 Å². The van der Waals surface area contributed by atoms with Crippen molar-refractivity contribution in [2.45, 2.75) is 70.2 Å². The second kappa shape index (κ2) is 10.7. The molecule has 0 amide bonds. The molecule has 1 aromatic carbocycles. The SMILES string of the molecule is COc1ncc(C(F)(F)F)cc1COC1C(c2ccccc2C(C)C)NC(C(=O)O)C1C(C)(C)OC. The van der Waals surface area contributed by atoms with E-state index in [4.69, 9.17) is 14.2 Å². The monoisotopic (exact) mass is 510 g/mol. The van der Waals surface area contributed by atoms with Gasteiger partial charge in [-0.15, -0.1) is 0 Å². The average molecular weight is 511 g/mol. The van der Waals surface area contributed by atoms with Crippen LogP contribution in [0.2, 0.25) is 0 Å². The average Bonchev–Trinajstić information content (AvgIpc) is 3.22. The minimum Gasteiger partial charge on any atom is -0.481 e. The van der Waals surface area contributed by atoms with Gasteiger partial charge in [-0.1, -0.05) is 38.1 Å². The van der Waals surface area contributed by atoms with E-state index in [0.29, 0.717) is 6.20 Å². The summed E-state index contributed by atoms with van der Waals surface area (Å²) in [7, 11) is 2.81. The first-order valence-corrected chi connectivity index (χ1v) is 11.7. The first-order valence-electron chi connectivity index (χ1n) is 11.7. The number of carbonyl (C=O) groups is 1. The number of nitrogens with one attached hydrogen (secondary N) is 1. The molecule has 7 nitrogen and oxygen atoms in total. The number of carboxylic acid groups (broad SMARTS) is 1. The maximum atomic E-state index is 13.3. The van der Waals surface area contributed by atoms with Gasteiger partial charge in [-0.25, -0.2) is 4.98 Å². The number of benzene rings is 1. The Labute approximate surface area is 209 Å². The third-order valence-electron chi connectivity index (χ3n) is 6.83. The van der Waals surface area contributed by atoms with E-state index in [0.717, 1.165) is 17.2 Å². The van der Waals surface area contributed by atoms with E-state index in [1.807, 2.05) is 38.1 Å². The lowest BCUT2D eigenvalue weighted by atomic mass is 9.79. The highest BCUT2D eigenvalue weighted by atomic mass is 19.4. The molecule has 3 rings (SSSR count). The van der Waals surface area contributed by atoms with Crippen molar-refractivity contribution < 1.29 is 37.3 Å². The van der Waals surface area contributed by atoms with E-state index >= 15 is 0 Å². The highest BCUT2D eigenvalue weighted by molar-refractivity contribution is 5.75. The first-order chi connectivity index (χ1) is 16.8. The summed E-state index contributed by atoms with van der Waals surface area (Å²) in [6, 6.07) is 7.04. The Morgan fingerprint density at radius 1 is 1.19 bits per heavy atom. The molecule has 36 heavy (non-hydrogen) atoms. The van der Waals surface area contributed by atoms with Crippen molar-refractivity contribution in [3.63, 3.8) is 0 Å². The molecule has 4 unspecified atom stereocenters. The van der Waals surface area contributed by atoms with Gasteiger partial charge in [-0.05, 0) is 37.0 Å². The molecule has 0 bridgehead atoms. The highest BCUT2D eigenvalue weighted by Gasteiger charge is 2.54. The maximum absolute atomic E-state index is 13.3. The minimum atomic E-state index is -4.59. The summed E-state index contributed by atoms with van der Waals surface area (Å²) in [4.78, 5) is 16.1. The molecule has 4 atom stereocenters. The zero-order valence-electron chi connectivity index (χ0n) is 21.2. The number of aliphatic carboxylic acids is 1. The summed E-state index contributed by atoms with van der Waals surface area (Å²) < 4.78 is 57.2. The molecule has 2 N–H and O–H groups in total. The van der Waals surface area contributed by atoms with Crippen molar-refractivity contribution in [1.29, 1.82) is 0 Å². The molecular formula is C26H33F3N2O5. The Kier molecular flexibility index (Phi) is 8.32. The fourth-order valence-corrected chi connectivity index (χ4v) is 4.86. The number of alkyl halides is 3. The number of hydrogen-bond acceptors (Lipinski definition) is 6. The van der Waals surface area contributed by atoms with Crippen molar-refractivity contribution in [3.05, 3.63) is 58.8 Å². The van der Waals surface area contributed by atoms with Gasteiger partial charge >= 0.3 is 12.1 Å². The van der Waals surface area contributed by atoms with E-state index in [2.05, 4.69) is 10.3 Å². The second-order valence-electron chi connectivity index (χ2n) is 9.74. The van der Waals surface area contributed by atoms with Crippen LogP contribution in [0.15, 0.2) is 36.5 Å². The number of ether oxygens (including phenoxy) is 3. The topological polar surface area (TPSA) is 89.9 Å². The van der Waals surface area contributed by atoms with E-state index < -0.39 is 47.4 Å². The van der Waals surface area contributed by atoms with Gasteiger partial charge in [0.05, 0.1) is 37.0 Å². The van der Waals surface area contributed by atoms with Crippen LogP contribution in [0.25, 0.3) is 0 Å². The van der Waals surface area contributed by atoms with Crippen LogP contribution in [-0.4, -0.2) is 48.0 Å². The molecule has 0 aliphatic carbocycles. The number of pyridine rings is 1. The van der Waals surface area contributed by atoms with E-state index in [-0.39, 0.29) is 24.0 Å². The van der Waals surface area contributed by atoms with Gasteiger partial charge in [-0.3, -0.25) is 10.1 Å². The van der Waals surface area contributed by atoms with E-state index in [1.165, 1.54) is 14.2 Å².